The van der Waals surface area contributed by atoms with E-state index in [0.29, 0.717) is 24.9 Å². The molecule has 2 aromatic heterocycles. The molecule has 0 bridgehead atoms. The summed E-state index contributed by atoms with van der Waals surface area (Å²) in [5, 5.41) is 9.76. The highest BCUT2D eigenvalue weighted by molar-refractivity contribution is 14.0. The van der Waals surface area contributed by atoms with Gasteiger partial charge in [-0.05, 0) is 58.2 Å². The Bertz CT molecular complexity index is 877. The number of piperidine rings is 1. The Morgan fingerprint density at radius 1 is 1.22 bits per heavy atom. The summed E-state index contributed by atoms with van der Waals surface area (Å²) in [7, 11) is 0. The van der Waals surface area contributed by atoms with E-state index in [0.717, 1.165) is 61.9 Å². The first-order chi connectivity index (χ1) is 15.1. The van der Waals surface area contributed by atoms with Crippen molar-refractivity contribution in [2.45, 2.75) is 46.1 Å². The number of hydrogen-bond donors (Lipinski definition) is 3. The molecule has 1 aliphatic heterocycles. The molecule has 0 spiro atoms. The molecule has 0 atom stereocenters. The summed E-state index contributed by atoms with van der Waals surface area (Å²) < 4.78 is 5.21. The van der Waals surface area contributed by atoms with Gasteiger partial charge in [0.05, 0.1) is 6.26 Å². The third-order valence-corrected chi connectivity index (χ3v) is 5.34. The summed E-state index contributed by atoms with van der Waals surface area (Å²) in [4.78, 5) is 23.7. The van der Waals surface area contributed by atoms with Crippen molar-refractivity contribution in [2.75, 3.05) is 37.6 Å². The predicted octanol–water partition coefficient (Wildman–Crippen LogP) is 3.25. The molecule has 1 fully saturated rings. The number of carbonyl (C=O) groups excluding carboxylic acids is 1. The smallest absolute Gasteiger partial charge is 0.287 e. The van der Waals surface area contributed by atoms with Gasteiger partial charge in [-0.15, -0.1) is 24.0 Å². The van der Waals surface area contributed by atoms with Gasteiger partial charge in [-0.25, -0.2) is 4.98 Å². The monoisotopic (exact) mass is 554 g/mol. The van der Waals surface area contributed by atoms with Crippen LogP contribution in [0.15, 0.2) is 39.9 Å². The Hall–Kier alpha value is -2.30. The van der Waals surface area contributed by atoms with Crippen LogP contribution in [0, 0.1) is 13.8 Å². The van der Waals surface area contributed by atoms with Crippen molar-refractivity contribution >= 4 is 41.7 Å². The summed E-state index contributed by atoms with van der Waals surface area (Å²) in [5.74, 6) is 2.10. The van der Waals surface area contributed by atoms with Crippen LogP contribution in [0.1, 0.15) is 48.0 Å². The number of halogens is 1. The fraction of sp³-hybridized carbons (Fsp3) is 0.522. The van der Waals surface area contributed by atoms with Crippen LogP contribution in [0.3, 0.4) is 0 Å². The molecule has 1 saturated heterocycles. The minimum atomic E-state index is -0.175. The van der Waals surface area contributed by atoms with Crippen LogP contribution in [0.5, 0.6) is 0 Å². The number of hydrogen-bond acceptors (Lipinski definition) is 5. The molecule has 0 aromatic carbocycles. The number of guanidine groups is 1. The third kappa shape index (κ3) is 7.68. The first-order valence-corrected chi connectivity index (χ1v) is 11.1. The average Bonchev–Trinajstić information content (AvgIpc) is 3.20. The summed E-state index contributed by atoms with van der Waals surface area (Å²) in [6.45, 7) is 9.92. The second kappa shape index (κ2) is 13.3. The normalized spacial score (nSPS) is 14.6. The highest BCUT2D eigenvalue weighted by atomic mass is 127. The molecule has 0 unspecified atom stereocenters. The number of nitrogens with zero attached hydrogens (tertiary/aromatic N) is 3. The Kier molecular flexibility index (Phi) is 10.8. The van der Waals surface area contributed by atoms with Crippen LogP contribution in [0.2, 0.25) is 0 Å². The Morgan fingerprint density at radius 2 is 2.00 bits per heavy atom. The molecule has 3 N–H and O–H groups in total. The summed E-state index contributed by atoms with van der Waals surface area (Å²) in [6.07, 6.45) is 4.38. The standard InChI is InChI=1S/C23H34N6O2.HI/c1-4-24-23(26-13-6-12-25-22(30)21-17(2)11-16-31-21)28-19-9-14-29(15-10-19)20-8-5-7-18(3)27-20;/h5,7-8,11,16,19H,4,6,9-10,12-15H2,1-3H3,(H,25,30)(H2,24,26,28);1H. The van der Waals surface area contributed by atoms with Gasteiger partial charge in [0.15, 0.2) is 11.7 Å². The Morgan fingerprint density at radius 3 is 2.66 bits per heavy atom. The number of aromatic nitrogens is 1. The highest BCUT2D eigenvalue weighted by Crippen LogP contribution is 2.18. The van der Waals surface area contributed by atoms with E-state index in [2.05, 4.69) is 49.9 Å². The second-order valence-electron chi connectivity index (χ2n) is 7.85. The molecule has 8 nitrogen and oxygen atoms in total. The minimum absolute atomic E-state index is 0. The van der Waals surface area contributed by atoms with Crippen LogP contribution in [0.4, 0.5) is 5.82 Å². The largest absolute Gasteiger partial charge is 0.459 e. The van der Waals surface area contributed by atoms with Crippen LogP contribution in [0.25, 0.3) is 0 Å². The number of rotatable bonds is 8. The van der Waals surface area contributed by atoms with Gasteiger partial charge < -0.3 is 25.3 Å². The van der Waals surface area contributed by atoms with Crippen molar-refractivity contribution in [3.8, 4) is 0 Å². The molecular formula is C23H35IN6O2. The molecule has 1 aliphatic rings. The van der Waals surface area contributed by atoms with E-state index in [1.54, 1.807) is 6.07 Å². The Labute approximate surface area is 207 Å². The molecular weight excluding hydrogens is 519 g/mol. The van der Waals surface area contributed by atoms with Gasteiger partial charge in [-0.3, -0.25) is 9.79 Å². The number of anilines is 1. The molecule has 3 rings (SSSR count). The summed E-state index contributed by atoms with van der Waals surface area (Å²) in [5.41, 5.74) is 1.90. The van der Waals surface area contributed by atoms with Crippen LogP contribution in [-0.4, -0.2) is 55.6 Å². The zero-order valence-corrected chi connectivity index (χ0v) is 21.5. The average molecular weight is 554 g/mol. The van der Waals surface area contributed by atoms with Crippen molar-refractivity contribution in [3.63, 3.8) is 0 Å². The number of amides is 1. The van der Waals surface area contributed by atoms with E-state index in [1.807, 2.05) is 19.9 Å². The van der Waals surface area contributed by atoms with Gasteiger partial charge in [0.25, 0.3) is 5.91 Å². The first-order valence-electron chi connectivity index (χ1n) is 11.1. The van der Waals surface area contributed by atoms with Crippen molar-refractivity contribution in [1.82, 2.24) is 20.9 Å². The highest BCUT2D eigenvalue weighted by Gasteiger charge is 2.21. The topological polar surface area (TPSA) is 94.8 Å². The van der Waals surface area contributed by atoms with Crippen molar-refractivity contribution in [2.24, 2.45) is 4.99 Å². The van der Waals surface area contributed by atoms with Crippen molar-refractivity contribution in [3.05, 3.63) is 47.5 Å². The van der Waals surface area contributed by atoms with Crippen molar-refractivity contribution < 1.29 is 9.21 Å². The van der Waals surface area contributed by atoms with E-state index in [9.17, 15) is 4.79 Å². The maximum atomic E-state index is 12.1. The molecule has 176 valence electrons. The third-order valence-electron chi connectivity index (χ3n) is 5.34. The lowest BCUT2D eigenvalue weighted by Gasteiger charge is -2.34. The lowest BCUT2D eigenvalue weighted by molar-refractivity contribution is 0.0925. The minimum Gasteiger partial charge on any atom is -0.459 e. The van der Waals surface area contributed by atoms with Crippen LogP contribution in [-0.2, 0) is 0 Å². The lowest BCUT2D eigenvalue weighted by atomic mass is 10.1. The van der Waals surface area contributed by atoms with Gasteiger partial charge in [0.2, 0.25) is 0 Å². The van der Waals surface area contributed by atoms with E-state index in [-0.39, 0.29) is 29.9 Å². The predicted molar refractivity (Wildman–Crippen MR) is 139 cm³/mol. The second-order valence-corrected chi connectivity index (χ2v) is 7.85. The van der Waals surface area contributed by atoms with Gasteiger partial charge in [0, 0.05) is 50.0 Å². The summed E-state index contributed by atoms with van der Waals surface area (Å²) >= 11 is 0. The van der Waals surface area contributed by atoms with Gasteiger partial charge >= 0.3 is 0 Å². The SMILES string of the molecule is CCNC(=NCCCNC(=O)c1occc1C)NC1CCN(c2cccc(C)n2)CC1.I. The van der Waals surface area contributed by atoms with E-state index in [4.69, 9.17) is 4.42 Å². The zero-order valence-electron chi connectivity index (χ0n) is 19.2. The zero-order chi connectivity index (χ0) is 22.1. The lowest BCUT2D eigenvalue weighted by Crippen LogP contribution is -2.49. The number of pyridine rings is 1. The number of aryl methyl sites for hydroxylation is 2. The molecule has 32 heavy (non-hydrogen) atoms. The molecule has 3 heterocycles. The van der Waals surface area contributed by atoms with E-state index < -0.39 is 0 Å². The Balaban J connectivity index is 0.00000363. The van der Waals surface area contributed by atoms with E-state index in [1.165, 1.54) is 6.26 Å². The fourth-order valence-electron chi connectivity index (χ4n) is 3.63. The maximum absolute atomic E-state index is 12.1. The van der Waals surface area contributed by atoms with Crippen molar-refractivity contribution in [1.29, 1.82) is 0 Å². The molecule has 0 saturated carbocycles. The molecule has 0 radical (unpaired) electrons. The van der Waals surface area contributed by atoms with Crippen LogP contribution < -0.4 is 20.9 Å². The fourth-order valence-corrected chi connectivity index (χ4v) is 3.63. The quantitative estimate of drug-likeness (QED) is 0.201. The van der Waals surface area contributed by atoms with E-state index >= 15 is 0 Å². The molecule has 2 aromatic rings. The van der Waals surface area contributed by atoms with Crippen LogP contribution >= 0.6 is 24.0 Å². The molecule has 9 heteroatoms. The number of nitrogens with one attached hydrogen (secondary N) is 3. The number of furan rings is 1. The van der Waals surface area contributed by atoms with Gasteiger partial charge in [0.1, 0.15) is 5.82 Å². The van der Waals surface area contributed by atoms with Gasteiger partial charge in [-0.1, -0.05) is 6.07 Å². The van der Waals surface area contributed by atoms with Gasteiger partial charge in [-0.2, -0.15) is 0 Å². The number of carbonyl (C=O) groups is 1. The first kappa shape index (κ1) is 26.0. The maximum Gasteiger partial charge on any atom is 0.287 e. The number of aliphatic imine (C=N–C) groups is 1. The summed E-state index contributed by atoms with van der Waals surface area (Å²) in [6, 6.07) is 8.35. The molecule has 0 aliphatic carbocycles. The molecule has 1 amide bonds.